The Morgan fingerprint density at radius 2 is 1.73 bits per heavy atom. The molecule has 0 bridgehead atoms. The van der Waals surface area contributed by atoms with E-state index in [0.29, 0.717) is 11.1 Å². The van der Waals surface area contributed by atoms with Gasteiger partial charge < -0.3 is 44.8 Å². The zero-order valence-electron chi connectivity index (χ0n) is 27.8. The van der Waals surface area contributed by atoms with Gasteiger partial charge in [-0.2, -0.15) is 0 Å². The molecule has 3 fully saturated rings. The number of fused-ring (bicyclic) bond motifs is 2. The Bertz CT molecular complexity index is 2000. The molecule has 51 heavy (non-hydrogen) atoms. The number of carbonyl (C=O) groups excluding carboxylic acids is 5. The number of hydrogen-bond donors (Lipinski definition) is 2. The number of nitrogens with zero attached hydrogens (tertiary/aromatic N) is 4. The molecule has 0 radical (unpaired) electrons. The number of rotatable bonds is 9. The molecule has 0 spiro atoms. The second-order valence-electron chi connectivity index (χ2n) is 12.2. The van der Waals surface area contributed by atoms with E-state index in [-0.39, 0.29) is 133 Å². The molecule has 2 N–H and O–H groups in total. The summed E-state index contributed by atoms with van der Waals surface area (Å²) >= 11 is 2.70. The number of benzene rings is 1. The van der Waals surface area contributed by atoms with Gasteiger partial charge >= 0.3 is 65.1 Å². The van der Waals surface area contributed by atoms with Gasteiger partial charge in [0.1, 0.15) is 17.2 Å². The van der Waals surface area contributed by atoms with Crippen LogP contribution in [0.3, 0.4) is 0 Å². The summed E-state index contributed by atoms with van der Waals surface area (Å²) in [4.78, 5) is 80.1. The minimum absolute atomic E-state index is 0. The maximum Gasteiger partial charge on any atom is 1.00 e. The number of carboxylic acid groups (broad SMARTS) is 2. The van der Waals surface area contributed by atoms with Crippen LogP contribution in [0.15, 0.2) is 51.9 Å². The minimum atomic E-state index is -1.62. The molecular formula is C32H29FN6Na2O8S2. The number of amides is 4. The second kappa shape index (κ2) is 16.0. The first-order valence-corrected chi connectivity index (χ1v) is 17.5. The van der Waals surface area contributed by atoms with Crippen molar-refractivity contribution in [3.05, 3.63) is 73.6 Å². The third-order valence-electron chi connectivity index (χ3n) is 9.09. The van der Waals surface area contributed by atoms with Crippen molar-refractivity contribution in [3.8, 4) is 0 Å². The van der Waals surface area contributed by atoms with E-state index in [0.717, 1.165) is 28.7 Å². The average molecular weight is 755 g/mol. The molecule has 0 unspecified atom stereocenters. The number of nitrogens with one attached hydrogen (secondary N) is 2. The van der Waals surface area contributed by atoms with E-state index in [1.165, 1.54) is 40.3 Å². The number of aromatic nitrogens is 1. The zero-order chi connectivity index (χ0) is 34.6. The molecule has 256 valence electrons. The van der Waals surface area contributed by atoms with Crippen molar-refractivity contribution in [3.63, 3.8) is 0 Å². The van der Waals surface area contributed by atoms with E-state index in [9.17, 15) is 39.0 Å². The van der Waals surface area contributed by atoms with Crippen LogP contribution in [-0.4, -0.2) is 94.0 Å². The molecular weight excluding hydrogens is 725 g/mol. The molecule has 19 heteroatoms. The number of hydrogen-bond acceptors (Lipinski definition) is 11. The number of urea groups is 1. The summed E-state index contributed by atoms with van der Waals surface area (Å²) < 4.78 is 17.0. The molecule has 14 nitrogen and oxygen atoms in total. The Morgan fingerprint density at radius 3 is 2.35 bits per heavy atom. The molecule has 4 amide bonds. The summed E-state index contributed by atoms with van der Waals surface area (Å²) in [7, 11) is 0. The number of anilines is 1. The van der Waals surface area contributed by atoms with Gasteiger partial charge in [-0.15, -0.1) is 23.1 Å². The van der Waals surface area contributed by atoms with Gasteiger partial charge in [-0.1, -0.05) is 6.07 Å². The maximum absolute atomic E-state index is 15.3. The standard InChI is InChI=1S/C32H31FN6O8S2.2Na/c33-21-11-19-22(38(17-3-4-17)14-20(27(19)41)30(43)44)12-23(21)36-5-7-37(8-6-36)32(47)34-13-16-15-49-29-25(28(42)39(29)26(16)31(45)46)35-24(40)10-18-2-1-9-48-18;;/h1-2,9,11-12,14,17,25,29H,3-8,10,13,15H2,(H,34,47)(H,35,40)(H,43,44)(H,45,46);;/q;2*+1/p-2/t25-,29-;;/m1../s1. The Labute approximate surface area is 343 Å². The van der Waals surface area contributed by atoms with Gasteiger partial charge in [-0.25, -0.2) is 9.18 Å². The van der Waals surface area contributed by atoms with Gasteiger partial charge in [0.2, 0.25) is 5.91 Å². The number of aliphatic carboxylic acids is 1. The fourth-order valence-corrected chi connectivity index (χ4v) is 8.50. The molecule has 7 rings (SSSR count). The van der Waals surface area contributed by atoms with Crippen LogP contribution in [0.4, 0.5) is 14.9 Å². The third-order valence-corrected chi connectivity index (χ3v) is 11.3. The molecule has 1 saturated carbocycles. The number of carbonyl (C=O) groups is 5. The first kappa shape index (κ1) is 39.3. The van der Waals surface area contributed by atoms with E-state index in [4.69, 9.17) is 0 Å². The average Bonchev–Trinajstić information content (AvgIpc) is 3.80. The normalized spacial score (nSPS) is 19.8. The number of piperazine rings is 1. The molecule has 3 aliphatic heterocycles. The van der Waals surface area contributed by atoms with Crippen molar-refractivity contribution < 1.29 is 97.7 Å². The molecule has 4 aliphatic rings. The Balaban J connectivity index is 0.00000252. The van der Waals surface area contributed by atoms with Crippen LogP contribution in [0.5, 0.6) is 0 Å². The molecule has 3 aromatic rings. The summed E-state index contributed by atoms with van der Waals surface area (Å²) in [6.07, 6.45) is 2.97. The number of carboxylic acids is 2. The topological polar surface area (TPSA) is 187 Å². The Morgan fingerprint density at radius 1 is 1.00 bits per heavy atom. The predicted octanol–water partition coefficient (Wildman–Crippen LogP) is -6.61. The Kier molecular flexibility index (Phi) is 12.3. The van der Waals surface area contributed by atoms with Crippen LogP contribution in [0, 0.1) is 5.82 Å². The molecule has 5 heterocycles. The van der Waals surface area contributed by atoms with Crippen LogP contribution >= 0.6 is 23.1 Å². The first-order chi connectivity index (χ1) is 23.5. The Hall–Kier alpha value is -2.90. The maximum atomic E-state index is 15.3. The fraction of sp³-hybridized carbons (Fsp3) is 0.375. The van der Waals surface area contributed by atoms with Crippen LogP contribution in [-0.2, 0) is 20.8 Å². The van der Waals surface area contributed by atoms with Gasteiger partial charge in [-0.3, -0.25) is 19.3 Å². The van der Waals surface area contributed by atoms with Crippen LogP contribution in [0.1, 0.15) is 34.1 Å². The molecule has 1 aliphatic carbocycles. The third kappa shape index (κ3) is 7.76. The molecule has 1 aromatic carbocycles. The summed E-state index contributed by atoms with van der Waals surface area (Å²) in [6, 6.07) is 4.89. The van der Waals surface area contributed by atoms with Crippen molar-refractivity contribution in [2.45, 2.75) is 36.7 Å². The minimum Gasteiger partial charge on any atom is -0.545 e. The number of β-lactam (4-membered cyclic amide) rings is 1. The molecule has 2 atom stereocenters. The largest absolute Gasteiger partial charge is 1.00 e. The molecule has 2 saturated heterocycles. The number of aromatic carboxylic acids is 1. The number of pyridine rings is 1. The number of halogens is 1. The van der Waals surface area contributed by atoms with E-state index in [2.05, 4.69) is 10.6 Å². The monoisotopic (exact) mass is 754 g/mol. The van der Waals surface area contributed by atoms with Gasteiger partial charge in [0, 0.05) is 61.0 Å². The number of thiophene rings is 1. The van der Waals surface area contributed by atoms with E-state index in [1.54, 1.807) is 9.47 Å². The van der Waals surface area contributed by atoms with Gasteiger partial charge in [0.15, 0.2) is 5.43 Å². The van der Waals surface area contributed by atoms with Crippen molar-refractivity contribution in [1.29, 1.82) is 0 Å². The SMILES string of the molecule is O=C(Cc1cccs1)N[C@@H]1C(=O)N2C(C(=O)[O-])=C(CNC(=O)N3CCN(c4cc5c(cc4F)c(=O)c(C(=O)[O-])cn5C4CC4)CC3)CS[C@H]12.[Na+].[Na+]. The van der Waals surface area contributed by atoms with E-state index in [1.807, 2.05) is 17.5 Å². The van der Waals surface area contributed by atoms with Crippen LogP contribution < -0.4 is 90.3 Å². The van der Waals surface area contributed by atoms with Gasteiger partial charge in [-0.05, 0) is 42.0 Å². The quantitative estimate of drug-likeness (QED) is 0.157. The summed E-state index contributed by atoms with van der Waals surface area (Å²) in [5.41, 5.74) is -0.697. The van der Waals surface area contributed by atoms with E-state index < -0.39 is 52.1 Å². The van der Waals surface area contributed by atoms with Crippen LogP contribution in [0.2, 0.25) is 0 Å². The summed E-state index contributed by atoms with van der Waals surface area (Å²) in [6.45, 7) is 0.791. The number of thioether (sulfide) groups is 1. The van der Waals surface area contributed by atoms with Crippen molar-refractivity contribution in [2.24, 2.45) is 0 Å². The first-order valence-electron chi connectivity index (χ1n) is 15.6. The summed E-state index contributed by atoms with van der Waals surface area (Å²) in [5.74, 6) is -4.58. The van der Waals surface area contributed by atoms with Crippen molar-refractivity contribution in [1.82, 2.24) is 25.0 Å². The van der Waals surface area contributed by atoms with E-state index >= 15 is 4.39 Å². The summed E-state index contributed by atoms with van der Waals surface area (Å²) in [5, 5.41) is 30.3. The smallest absolute Gasteiger partial charge is 0.545 e. The zero-order valence-corrected chi connectivity index (χ0v) is 33.4. The van der Waals surface area contributed by atoms with Crippen LogP contribution in [0.25, 0.3) is 10.9 Å². The second-order valence-corrected chi connectivity index (χ2v) is 14.3. The van der Waals surface area contributed by atoms with Crippen molar-refractivity contribution >= 4 is 69.5 Å². The van der Waals surface area contributed by atoms with Gasteiger partial charge in [0.05, 0.1) is 40.8 Å². The predicted molar refractivity (Wildman–Crippen MR) is 173 cm³/mol. The van der Waals surface area contributed by atoms with Gasteiger partial charge in [0.25, 0.3) is 5.91 Å². The van der Waals surface area contributed by atoms with Crippen molar-refractivity contribution in [2.75, 3.05) is 43.4 Å². The fourth-order valence-electron chi connectivity index (χ4n) is 6.45. The molecule has 2 aromatic heterocycles.